The topological polar surface area (TPSA) is 44.5 Å². The Kier molecular flexibility index (Phi) is 3.72. The van der Waals surface area contributed by atoms with Gasteiger partial charge >= 0.3 is 8.72 Å². The molecule has 0 saturated carbocycles. The molecule has 0 atom stereocenters. The van der Waals surface area contributed by atoms with Crippen molar-refractivity contribution in [2.24, 2.45) is 5.40 Å². The van der Waals surface area contributed by atoms with E-state index in [-0.39, 0.29) is 0 Å². The largest absolute Gasteiger partial charge is 0.425 e. The number of hydrogen-bond acceptors (Lipinski definition) is 3. The first-order chi connectivity index (χ1) is 4.18. The summed E-state index contributed by atoms with van der Waals surface area (Å²) >= 11 is 0. The Morgan fingerprint density at radius 1 is 1.56 bits per heavy atom. The molecule has 54 valence electrons. The van der Waals surface area contributed by atoms with Crippen LogP contribution in [-0.2, 0) is 8.85 Å². The van der Waals surface area contributed by atoms with E-state index in [1.807, 2.05) is 0 Å². The lowest BCUT2D eigenvalue weighted by atomic mass is 10.8. The van der Waals surface area contributed by atoms with Crippen LogP contribution in [0.2, 0.25) is 6.04 Å². The fraction of sp³-hybridized carbons (Fsp3) is 0.600. The minimum atomic E-state index is -2.32. The first-order valence-corrected chi connectivity index (χ1v) is 4.78. The van der Waals surface area contributed by atoms with Gasteiger partial charge in [0.05, 0.1) is 0 Å². The molecule has 9 heavy (non-hydrogen) atoms. The smallest absolute Gasteiger partial charge is 0.386 e. The Labute approximate surface area is 56.8 Å². The Bertz CT molecular complexity index is 93.0. The van der Waals surface area contributed by atoms with Gasteiger partial charge in [-0.3, -0.25) is 0 Å². The second-order valence-corrected chi connectivity index (χ2v) is 4.56. The van der Waals surface area contributed by atoms with E-state index in [1.165, 1.54) is 0 Å². The van der Waals surface area contributed by atoms with Crippen LogP contribution in [0.25, 0.3) is 0 Å². The van der Waals surface area contributed by atoms with E-state index in [4.69, 9.17) is 14.3 Å². The highest BCUT2D eigenvalue weighted by Crippen LogP contribution is 2.02. The highest BCUT2D eigenvalue weighted by atomic mass is 28.4. The Hall–Kier alpha value is -0.163. The van der Waals surface area contributed by atoms with Gasteiger partial charge < -0.3 is 14.3 Å². The predicted molar refractivity (Wildman–Crippen MR) is 39.0 cm³/mol. The van der Waals surface area contributed by atoms with Crippen LogP contribution in [0.3, 0.4) is 0 Å². The average molecular weight is 147 g/mol. The van der Waals surface area contributed by atoms with Gasteiger partial charge in [-0.2, -0.15) is 0 Å². The van der Waals surface area contributed by atoms with Crippen molar-refractivity contribution in [3.05, 3.63) is 12.7 Å². The fourth-order valence-electron chi connectivity index (χ4n) is 0.451. The molecule has 0 aromatic heterocycles. The van der Waals surface area contributed by atoms with Gasteiger partial charge in [0.2, 0.25) is 0 Å². The molecule has 0 aromatic carbocycles. The minimum absolute atomic E-state index is 0.625. The third kappa shape index (κ3) is 2.76. The molecule has 0 saturated heterocycles. The van der Waals surface area contributed by atoms with Crippen molar-refractivity contribution in [2.75, 3.05) is 14.2 Å². The van der Waals surface area contributed by atoms with Crippen molar-refractivity contribution in [1.29, 1.82) is 0 Å². The highest BCUT2D eigenvalue weighted by molar-refractivity contribution is 6.64. The van der Waals surface area contributed by atoms with Crippen molar-refractivity contribution in [3.63, 3.8) is 0 Å². The molecule has 0 aliphatic carbocycles. The van der Waals surface area contributed by atoms with Crippen molar-refractivity contribution >= 4 is 8.72 Å². The SMILES string of the molecule is C=CC[Si](N)(OC)OC. The third-order valence-corrected chi connectivity index (χ3v) is 3.36. The van der Waals surface area contributed by atoms with Crippen LogP contribution < -0.4 is 5.40 Å². The highest BCUT2D eigenvalue weighted by Gasteiger charge is 2.28. The molecular weight excluding hydrogens is 134 g/mol. The van der Waals surface area contributed by atoms with E-state index in [9.17, 15) is 0 Å². The summed E-state index contributed by atoms with van der Waals surface area (Å²) in [5.41, 5.74) is 0. The maximum Gasteiger partial charge on any atom is 0.425 e. The summed E-state index contributed by atoms with van der Waals surface area (Å²) in [4.78, 5) is 0. The van der Waals surface area contributed by atoms with Crippen molar-refractivity contribution in [2.45, 2.75) is 6.04 Å². The second-order valence-electron chi connectivity index (χ2n) is 1.71. The Morgan fingerprint density at radius 3 is 2.11 bits per heavy atom. The number of nitrogens with two attached hydrogens (primary N) is 1. The van der Waals surface area contributed by atoms with Crippen molar-refractivity contribution in [1.82, 2.24) is 0 Å². The molecule has 0 aliphatic rings. The van der Waals surface area contributed by atoms with E-state index >= 15 is 0 Å². The van der Waals surface area contributed by atoms with Gasteiger partial charge in [0.1, 0.15) is 0 Å². The Balaban J connectivity index is 3.75. The fourth-order valence-corrected chi connectivity index (χ4v) is 1.35. The van der Waals surface area contributed by atoms with E-state index in [1.54, 1.807) is 20.3 Å². The summed E-state index contributed by atoms with van der Waals surface area (Å²) in [6, 6.07) is 0.625. The average Bonchev–Trinajstić information content (AvgIpc) is 1.89. The summed E-state index contributed by atoms with van der Waals surface area (Å²) in [7, 11) is 0.794. The van der Waals surface area contributed by atoms with Gasteiger partial charge in [-0.05, 0) is 0 Å². The summed E-state index contributed by atoms with van der Waals surface area (Å²) in [5.74, 6) is 0. The first kappa shape index (κ1) is 8.84. The zero-order valence-corrected chi connectivity index (χ0v) is 6.89. The minimum Gasteiger partial charge on any atom is -0.386 e. The van der Waals surface area contributed by atoms with Gasteiger partial charge in [0.15, 0.2) is 0 Å². The third-order valence-electron chi connectivity index (χ3n) is 1.12. The van der Waals surface area contributed by atoms with Crippen LogP contribution in [0.4, 0.5) is 0 Å². The van der Waals surface area contributed by atoms with Crippen LogP contribution in [-0.4, -0.2) is 22.9 Å². The summed E-state index contributed by atoms with van der Waals surface area (Å²) < 4.78 is 9.90. The van der Waals surface area contributed by atoms with Crippen molar-refractivity contribution in [3.8, 4) is 0 Å². The summed E-state index contributed by atoms with van der Waals surface area (Å²) in [5, 5.41) is 5.63. The standard InChI is InChI=1S/C5H13NO2Si/c1-4-5-9(6,7-2)8-3/h4H,1,5-6H2,2-3H3. The van der Waals surface area contributed by atoms with Crippen LogP contribution >= 0.6 is 0 Å². The number of allylic oxidation sites excluding steroid dienone is 1. The molecule has 0 rings (SSSR count). The molecule has 0 unspecified atom stereocenters. The molecule has 4 heteroatoms. The normalized spacial score (nSPS) is 11.4. The Morgan fingerprint density at radius 2 is 2.00 bits per heavy atom. The molecule has 0 heterocycles. The quantitative estimate of drug-likeness (QED) is 0.461. The second kappa shape index (κ2) is 3.79. The first-order valence-electron chi connectivity index (χ1n) is 2.68. The number of hydrogen-bond donors (Lipinski definition) is 1. The van der Waals surface area contributed by atoms with Gasteiger partial charge in [0, 0.05) is 20.3 Å². The molecule has 3 nitrogen and oxygen atoms in total. The molecule has 0 radical (unpaired) electrons. The maximum absolute atomic E-state index is 5.63. The molecular formula is C5H13NO2Si. The van der Waals surface area contributed by atoms with E-state index in [0.29, 0.717) is 6.04 Å². The van der Waals surface area contributed by atoms with E-state index < -0.39 is 8.72 Å². The molecule has 0 aliphatic heterocycles. The lowest BCUT2D eigenvalue weighted by Gasteiger charge is -2.19. The van der Waals surface area contributed by atoms with Crippen LogP contribution in [0, 0.1) is 0 Å². The zero-order chi connectivity index (χ0) is 7.33. The lowest BCUT2D eigenvalue weighted by molar-refractivity contribution is 0.247. The van der Waals surface area contributed by atoms with E-state index in [0.717, 1.165) is 0 Å². The van der Waals surface area contributed by atoms with E-state index in [2.05, 4.69) is 6.58 Å². The monoisotopic (exact) mass is 147 g/mol. The lowest BCUT2D eigenvalue weighted by Crippen LogP contribution is -2.49. The molecule has 0 spiro atoms. The van der Waals surface area contributed by atoms with Crippen LogP contribution in [0.15, 0.2) is 12.7 Å². The van der Waals surface area contributed by atoms with Gasteiger partial charge in [-0.25, -0.2) is 0 Å². The molecule has 0 fully saturated rings. The molecule has 0 aromatic rings. The maximum atomic E-state index is 5.63. The zero-order valence-electron chi connectivity index (χ0n) is 5.89. The van der Waals surface area contributed by atoms with Gasteiger partial charge in [-0.15, -0.1) is 6.58 Å². The van der Waals surface area contributed by atoms with Crippen LogP contribution in [0.1, 0.15) is 0 Å². The van der Waals surface area contributed by atoms with Gasteiger partial charge in [-0.1, -0.05) is 6.08 Å². The molecule has 2 N–H and O–H groups in total. The van der Waals surface area contributed by atoms with Gasteiger partial charge in [0.25, 0.3) is 0 Å². The molecule has 0 bridgehead atoms. The predicted octanol–water partition coefficient (Wildman–Crippen LogP) is 0.363. The molecule has 0 amide bonds. The van der Waals surface area contributed by atoms with Crippen LogP contribution in [0.5, 0.6) is 0 Å². The number of rotatable bonds is 4. The summed E-state index contributed by atoms with van der Waals surface area (Å²) in [6.45, 7) is 3.54. The van der Waals surface area contributed by atoms with Crippen molar-refractivity contribution < 1.29 is 8.85 Å². The summed E-state index contributed by atoms with van der Waals surface area (Å²) in [6.07, 6.45) is 1.71.